The average Bonchev–Trinajstić information content (AvgIpc) is 2.78. The molecule has 0 aliphatic carbocycles. The number of ether oxygens (including phenoxy) is 1. The summed E-state index contributed by atoms with van der Waals surface area (Å²) in [5, 5.41) is 18.3. The van der Waals surface area contributed by atoms with Crippen LogP contribution in [0.15, 0.2) is 29.5 Å². The molecule has 1 atom stereocenters. The van der Waals surface area contributed by atoms with Gasteiger partial charge in [-0.2, -0.15) is 13.2 Å². The van der Waals surface area contributed by atoms with Crippen molar-refractivity contribution in [3.63, 3.8) is 0 Å². The van der Waals surface area contributed by atoms with Crippen LogP contribution in [0.1, 0.15) is 48.0 Å². The van der Waals surface area contributed by atoms with Crippen molar-refractivity contribution in [3.8, 4) is 5.88 Å². The highest BCUT2D eigenvalue weighted by atomic mass is 19.4. The van der Waals surface area contributed by atoms with Crippen LogP contribution in [0.2, 0.25) is 0 Å². The summed E-state index contributed by atoms with van der Waals surface area (Å²) in [5.74, 6) is 0.337. The van der Waals surface area contributed by atoms with Gasteiger partial charge in [-0.3, -0.25) is 0 Å². The Bertz CT molecular complexity index is 976. The zero-order valence-corrected chi connectivity index (χ0v) is 17.5. The predicted molar refractivity (Wildman–Crippen MR) is 109 cm³/mol. The molecule has 3 heterocycles. The first kappa shape index (κ1) is 23.7. The molecule has 1 aliphatic heterocycles. The third kappa shape index (κ3) is 5.84. The molecule has 0 aromatic carbocycles. The first-order chi connectivity index (χ1) is 15.2. The van der Waals surface area contributed by atoms with Gasteiger partial charge in [-0.15, -0.1) is 0 Å². The summed E-state index contributed by atoms with van der Waals surface area (Å²) in [6.07, 6.45) is -1.51. The Morgan fingerprint density at radius 2 is 2.03 bits per heavy atom. The normalized spacial score (nSPS) is 16.8. The fourth-order valence-corrected chi connectivity index (χ4v) is 3.66. The second-order valence-electron chi connectivity index (χ2n) is 7.62. The molecule has 12 heteroatoms. The van der Waals surface area contributed by atoms with E-state index in [0.717, 1.165) is 32.0 Å². The second-order valence-corrected chi connectivity index (χ2v) is 7.62. The van der Waals surface area contributed by atoms with Crippen LogP contribution in [-0.4, -0.2) is 46.3 Å². The maximum Gasteiger partial charge on any atom is 0.433 e. The van der Waals surface area contributed by atoms with E-state index < -0.39 is 24.1 Å². The summed E-state index contributed by atoms with van der Waals surface area (Å²) in [6.45, 7) is 2.89. The molecule has 0 saturated carbocycles. The zero-order valence-electron chi connectivity index (χ0n) is 17.5. The maximum atomic E-state index is 13.0. The van der Waals surface area contributed by atoms with Crippen molar-refractivity contribution < 1.29 is 23.0 Å². The van der Waals surface area contributed by atoms with Crippen molar-refractivity contribution in [2.24, 2.45) is 5.11 Å². The topological polar surface area (TPSA) is 129 Å². The van der Waals surface area contributed by atoms with Gasteiger partial charge in [0.05, 0.1) is 5.69 Å². The number of nitrogens with one attached hydrogen (secondary N) is 1. The molecule has 32 heavy (non-hydrogen) atoms. The van der Waals surface area contributed by atoms with E-state index in [0.29, 0.717) is 17.1 Å². The van der Waals surface area contributed by atoms with E-state index in [2.05, 4.69) is 30.3 Å². The van der Waals surface area contributed by atoms with Crippen LogP contribution in [-0.2, 0) is 11.8 Å². The largest absolute Gasteiger partial charge is 0.474 e. The van der Waals surface area contributed by atoms with E-state index in [9.17, 15) is 18.3 Å². The number of alkyl halides is 3. The van der Waals surface area contributed by atoms with Gasteiger partial charge in [0.2, 0.25) is 5.88 Å². The van der Waals surface area contributed by atoms with Crippen LogP contribution >= 0.6 is 0 Å². The Balaban J connectivity index is 1.93. The van der Waals surface area contributed by atoms with Gasteiger partial charge in [0.1, 0.15) is 23.7 Å². The molecular weight excluding hydrogens is 427 g/mol. The van der Waals surface area contributed by atoms with Crippen LogP contribution < -0.4 is 10.1 Å². The molecule has 0 bridgehead atoms. The molecule has 2 aromatic rings. The summed E-state index contributed by atoms with van der Waals surface area (Å²) in [7, 11) is 0. The van der Waals surface area contributed by atoms with E-state index in [1.807, 2.05) is 0 Å². The third-order valence-corrected chi connectivity index (χ3v) is 5.33. The molecule has 2 N–H and O–H groups in total. The Hall–Kier alpha value is -2.95. The summed E-state index contributed by atoms with van der Waals surface area (Å²) in [4.78, 5) is 15.0. The van der Waals surface area contributed by atoms with E-state index in [1.54, 1.807) is 6.92 Å². The van der Waals surface area contributed by atoms with Crippen LogP contribution in [0, 0.1) is 6.92 Å². The van der Waals surface area contributed by atoms with Gasteiger partial charge in [0.15, 0.2) is 0 Å². The standard InChI is InChI=1S/C20H24F3N7O2/c1-13-26-11-15(18(28-13)14-5-8-25-9-6-14)19(31,7-10-27-30-24)12-32-17-4-2-3-16(29-17)20(21,22)23/h2-4,11,14,25,31H,5-10,12H2,1H3. The number of rotatable bonds is 8. The fraction of sp³-hybridized carbons (Fsp3) is 0.550. The van der Waals surface area contributed by atoms with Gasteiger partial charge < -0.3 is 15.2 Å². The monoisotopic (exact) mass is 451 g/mol. The van der Waals surface area contributed by atoms with Gasteiger partial charge in [0.25, 0.3) is 0 Å². The summed E-state index contributed by atoms with van der Waals surface area (Å²) < 4.78 is 44.4. The minimum atomic E-state index is -4.62. The molecule has 172 valence electrons. The highest BCUT2D eigenvalue weighted by molar-refractivity contribution is 5.29. The number of azide groups is 1. The summed E-state index contributed by atoms with van der Waals surface area (Å²) in [5.41, 5.74) is 6.93. The SMILES string of the molecule is Cc1ncc(C(O)(CCN=[N+]=[N-])COc2cccc(C(F)(F)F)n2)c(C2CCNCC2)n1. The third-order valence-electron chi connectivity index (χ3n) is 5.33. The number of aryl methyl sites for hydroxylation is 1. The lowest BCUT2D eigenvalue weighted by Gasteiger charge is -2.32. The number of hydrogen-bond acceptors (Lipinski definition) is 7. The lowest BCUT2D eigenvalue weighted by atomic mass is 9.84. The Morgan fingerprint density at radius 3 is 2.72 bits per heavy atom. The van der Waals surface area contributed by atoms with Crippen molar-refractivity contribution in [2.75, 3.05) is 26.2 Å². The van der Waals surface area contributed by atoms with Crippen LogP contribution in [0.3, 0.4) is 0 Å². The van der Waals surface area contributed by atoms with E-state index >= 15 is 0 Å². The molecular formula is C20H24F3N7O2. The summed E-state index contributed by atoms with van der Waals surface area (Å²) in [6, 6.07) is 3.30. The minimum Gasteiger partial charge on any atom is -0.474 e. The van der Waals surface area contributed by atoms with Crippen molar-refractivity contribution in [1.29, 1.82) is 0 Å². The van der Waals surface area contributed by atoms with E-state index in [1.165, 1.54) is 18.3 Å². The number of hydrogen-bond donors (Lipinski definition) is 2. The lowest BCUT2D eigenvalue weighted by molar-refractivity contribution is -0.141. The minimum absolute atomic E-state index is 0.0274. The van der Waals surface area contributed by atoms with Gasteiger partial charge in [0, 0.05) is 35.2 Å². The molecule has 0 amide bonds. The van der Waals surface area contributed by atoms with E-state index in [-0.39, 0.29) is 24.8 Å². The number of piperidine rings is 1. The first-order valence-electron chi connectivity index (χ1n) is 10.2. The van der Waals surface area contributed by atoms with Gasteiger partial charge in [-0.25, -0.2) is 15.0 Å². The van der Waals surface area contributed by atoms with Crippen molar-refractivity contribution in [3.05, 3.63) is 57.6 Å². The Morgan fingerprint density at radius 1 is 1.28 bits per heavy atom. The Kier molecular flexibility index (Phi) is 7.49. The Labute approximate surface area is 182 Å². The van der Waals surface area contributed by atoms with Gasteiger partial charge >= 0.3 is 6.18 Å². The van der Waals surface area contributed by atoms with Crippen molar-refractivity contribution >= 4 is 0 Å². The number of aromatic nitrogens is 3. The maximum absolute atomic E-state index is 13.0. The highest BCUT2D eigenvalue weighted by Crippen LogP contribution is 2.35. The molecule has 1 aliphatic rings. The second kappa shape index (κ2) is 10.1. The number of nitrogens with zero attached hydrogens (tertiary/aromatic N) is 6. The molecule has 9 nitrogen and oxygen atoms in total. The molecule has 0 radical (unpaired) electrons. The summed E-state index contributed by atoms with van der Waals surface area (Å²) >= 11 is 0. The average molecular weight is 451 g/mol. The molecule has 1 unspecified atom stereocenters. The van der Waals surface area contributed by atoms with Gasteiger partial charge in [-0.1, -0.05) is 11.2 Å². The predicted octanol–water partition coefficient (Wildman–Crippen LogP) is 3.63. The van der Waals surface area contributed by atoms with Crippen molar-refractivity contribution in [2.45, 2.75) is 43.9 Å². The van der Waals surface area contributed by atoms with Crippen LogP contribution in [0.25, 0.3) is 10.4 Å². The quantitative estimate of drug-likeness (QED) is 0.358. The highest BCUT2D eigenvalue weighted by Gasteiger charge is 2.37. The number of halogens is 3. The van der Waals surface area contributed by atoms with Crippen LogP contribution in [0.5, 0.6) is 5.88 Å². The number of aliphatic hydroxyl groups is 1. The van der Waals surface area contributed by atoms with Crippen molar-refractivity contribution in [1.82, 2.24) is 20.3 Å². The lowest BCUT2D eigenvalue weighted by Crippen LogP contribution is -2.37. The molecule has 1 fully saturated rings. The fourth-order valence-electron chi connectivity index (χ4n) is 3.66. The smallest absolute Gasteiger partial charge is 0.433 e. The zero-order chi connectivity index (χ0) is 23.2. The first-order valence-corrected chi connectivity index (χ1v) is 10.2. The molecule has 0 spiro atoms. The molecule has 2 aromatic heterocycles. The molecule has 1 saturated heterocycles. The van der Waals surface area contributed by atoms with Crippen LogP contribution in [0.4, 0.5) is 13.2 Å². The number of pyridine rings is 1. The van der Waals surface area contributed by atoms with E-state index in [4.69, 9.17) is 10.3 Å². The van der Waals surface area contributed by atoms with Gasteiger partial charge in [-0.05, 0) is 50.9 Å². The molecule has 3 rings (SSSR count).